The van der Waals surface area contributed by atoms with Crippen molar-refractivity contribution in [3.8, 4) is 0 Å². The minimum Gasteiger partial charge on any atom is -0.389 e. The molecule has 2 aliphatic heterocycles. The van der Waals surface area contributed by atoms with Gasteiger partial charge >= 0.3 is 11.8 Å². The maximum atomic E-state index is 13.2. The molecular weight excluding hydrogens is 337 g/mol. The van der Waals surface area contributed by atoms with Gasteiger partial charge in [0.05, 0.1) is 11.6 Å². The average molecular weight is 356 g/mol. The molecule has 9 heteroatoms. The fourth-order valence-corrected chi connectivity index (χ4v) is 2.75. The highest BCUT2D eigenvalue weighted by atomic mass is 19.4. The lowest BCUT2D eigenvalue weighted by Crippen LogP contribution is -2.61. The van der Waals surface area contributed by atoms with Crippen LogP contribution in [-0.2, 0) is 5.66 Å². The molecule has 25 heavy (non-hydrogen) atoms. The molecule has 1 amide bonds. The molecule has 0 unspecified atom stereocenters. The first-order valence-corrected chi connectivity index (χ1v) is 7.89. The van der Waals surface area contributed by atoms with Crippen molar-refractivity contribution < 1.29 is 23.1 Å². The van der Waals surface area contributed by atoms with E-state index in [1.54, 1.807) is 13.8 Å². The van der Waals surface area contributed by atoms with Crippen LogP contribution in [0.4, 0.5) is 13.2 Å². The SMILES string of the molecule is CC(C)(O)CN(C(=O)c1cccc(C2(C(F)(F)F)N=N2)c1)C1CNC1. The topological polar surface area (TPSA) is 77.3 Å². The summed E-state index contributed by atoms with van der Waals surface area (Å²) in [5, 5.41) is 19.4. The molecule has 0 atom stereocenters. The molecule has 0 spiro atoms. The zero-order valence-corrected chi connectivity index (χ0v) is 13.8. The summed E-state index contributed by atoms with van der Waals surface area (Å²) in [5.41, 5.74) is -3.73. The van der Waals surface area contributed by atoms with Crippen molar-refractivity contribution in [1.29, 1.82) is 0 Å². The predicted molar refractivity (Wildman–Crippen MR) is 83.0 cm³/mol. The van der Waals surface area contributed by atoms with E-state index in [1.165, 1.54) is 29.2 Å². The Hall–Kier alpha value is -2.00. The fraction of sp³-hybridized carbons (Fsp3) is 0.562. The summed E-state index contributed by atoms with van der Waals surface area (Å²) in [4.78, 5) is 14.3. The molecular formula is C16H19F3N4O2. The lowest BCUT2D eigenvalue weighted by Gasteiger charge is -2.41. The second-order valence-electron chi connectivity index (χ2n) is 7.01. The van der Waals surface area contributed by atoms with Crippen molar-refractivity contribution >= 4 is 5.91 Å². The number of carbonyl (C=O) groups excluding carboxylic acids is 1. The van der Waals surface area contributed by atoms with Gasteiger partial charge in [-0.25, -0.2) is 0 Å². The first-order valence-electron chi connectivity index (χ1n) is 7.89. The molecule has 136 valence electrons. The van der Waals surface area contributed by atoms with Gasteiger partial charge in [-0.05, 0) is 26.0 Å². The van der Waals surface area contributed by atoms with E-state index in [0.717, 1.165) is 0 Å². The first kappa shape index (κ1) is 17.8. The van der Waals surface area contributed by atoms with Crippen LogP contribution in [0, 0.1) is 0 Å². The Kier molecular flexibility index (Phi) is 4.11. The van der Waals surface area contributed by atoms with Gasteiger partial charge in [-0.3, -0.25) is 4.79 Å². The Morgan fingerprint density at radius 1 is 1.36 bits per heavy atom. The van der Waals surface area contributed by atoms with Gasteiger partial charge < -0.3 is 15.3 Å². The smallest absolute Gasteiger partial charge is 0.389 e. The average Bonchev–Trinajstić information content (AvgIpc) is 3.24. The van der Waals surface area contributed by atoms with E-state index in [0.29, 0.717) is 13.1 Å². The third-order valence-corrected chi connectivity index (χ3v) is 4.23. The van der Waals surface area contributed by atoms with Gasteiger partial charge in [-0.2, -0.15) is 13.2 Å². The van der Waals surface area contributed by atoms with Gasteiger partial charge in [-0.1, -0.05) is 12.1 Å². The molecule has 1 saturated heterocycles. The van der Waals surface area contributed by atoms with Crippen LogP contribution >= 0.6 is 0 Å². The van der Waals surface area contributed by atoms with Crippen molar-refractivity contribution in [1.82, 2.24) is 10.2 Å². The minimum absolute atomic E-state index is 0.0849. The molecule has 0 radical (unpaired) electrons. The summed E-state index contributed by atoms with van der Waals surface area (Å²) in [6.07, 6.45) is -4.64. The van der Waals surface area contributed by atoms with Crippen LogP contribution in [0.25, 0.3) is 0 Å². The molecule has 2 aliphatic rings. The van der Waals surface area contributed by atoms with Gasteiger partial charge in [0.1, 0.15) is 0 Å². The van der Waals surface area contributed by atoms with Crippen molar-refractivity contribution in [2.75, 3.05) is 19.6 Å². The Morgan fingerprint density at radius 2 is 2.00 bits per heavy atom. The number of hydrogen-bond donors (Lipinski definition) is 2. The number of nitrogens with one attached hydrogen (secondary N) is 1. The second-order valence-corrected chi connectivity index (χ2v) is 7.01. The lowest BCUT2D eigenvalue weighted by atomic mass is 9.98. The van der Waals surface area contributed by atoms with Gasteiger partial charge in [0.25, 0.3) is 5.91 Å². The normalized spacial score (nSPS) is 19.4. The van der Waals surface area contributed by atoms with Crippen LogP contribution < -0.4 is 5.32 Å². The molecule has 0 saturated carbocycles. The van der Waals surface area contributed by atoms with E-state index in [1.807, 2.05) is 0 Å². The summed E-state index contributed by atoms with van der Waals surface area (Å²) >= 11 is 0. The molecule has 2 N–H and O–H groups in total. The zero-order valence-electron chi connectivity index (χ0n) is 13.8. The molecule has 0 aromatic heterocycles. The second kappa shape index (κ2) is 5.77. The van der Waals surface area contributed by atoms with Crippen LogP contribution in [0.3, 0.4) is 0 Å². The van der Waals surface area contributed by atoms with Crippen molar-refractivity contribution in [2.24, 2.45) is 10.2 Å². The van der Waals surface area contributed by atoms with E-state index in [4.69, 9.17) is 0 Å². The van der Waals surface area contributed by atoms with Gasteiger partial charge in [0.2, 0.25) is 0 Å². The highest BCUT2D eigenvalue weighted by molar-refractivity contribution is 5.95. The third kappa shape index (κ3) is 3.38. The number of nitrogens with zero attached hydrogens (tertiary/aromatic N) is 3. The summed E-state index contributed by atoms with van der Waals surface area (Å²) in [6, 6.07) is 5.19. The number of benzene rings is 1. The standard InChI is InChI=1S/C16H19F3N4O2/c1-14(2,25)9-23(12-7-20-8-12)13(24)10-4-3-5-11(6-10)15(21-22-15)16(17,18)19/h3-6,12,20,25H,7-9H2,1-2H3. The number of aliphatic hydroxyl groups is 1. The number of rotatable bonds is 5. The largest absolute Gasteiger partial charge is 0.442 e. The molecule has 3 rings (SSSR count). The molecule has 0 aliphatic carbocycles. The van der Waals surface area contributed by atoms with Crippen molar-refractivity contribution in [2.45, 2.75) is 37.3 Å². The van der Waals surface area contributed by atoms with E-state index >= 15 is 0 Å². The Morgan fingerprint density at radius 3 is 2.44 bits per heavy atom. The van der Waals surface area contributed by atoms with Crippen LogP contribution in [-0.4, -0.2) is 53.4 Å². The van der Waals surface area contributed by atoms with E-state index in [-0.39, 0.29) is 23.7 Å². The highest BCUT2D eigenvalue weighted by Crippen LogP contribution is 2.52. The van der Waals surface area contributed by atoms with E-state index in [9.17, 15) is 23.1 Å². The minimum atomic E-state index is -4.64. The van der Waals surface area contributed by atoms with Gasteiger partial charge in [0, 0.05) is 30.8 Å². The first-order chi connectivity index (χ1) is 11.5. The number of alkyl halides is 3. The van der Waals surface area contributed by atoms with Gasteiger partial charge in [-0.15, -0.1) is 10.2 Å². The summed E-state index contributed by atoms with van der Waals surface area (Å²) < 4.78 is 39.5. The highest BCUT2D eigenvalue weighted by Gasteiger charge is 2.65. The van der Waals surface area contributed by atoms with Crippen molar-refractivity contribution in [3.63, 3.8) is 0 Å². The molecule has 1 fully saturated rings. The molecule has 1 aromatic rings. The van der Waals surface area contributed by atoms with E-state index in [2.05, 4.69) is 15.5 Å². The summed E-state index contributed by atoms with van der Waals surface area (Å²) in [5.74, 6) is -0.423. The molecule has 1 aromatic carbocycles. The summed E-state index contributed by atoms with van der Waals surface area (Å²) in [7, 11) is 0. The molecule has 0 bridgehead atoms. The fourth-order valence-electron chi connectivity index (χ4n) is 2.75. The van der Waals surface area contributed by atoms with Gasteiger partial charge in [0.15, 0.2) is 0 Å². The summed E-state index contributed by atoms with van der Waals surface area (Å²) in [6.45, 7) is 4.41. The Bertz CT molecular complexity index is 702. The lowest BCUT2D eigenvalue weighted by molar-refractivity contribution is -0.166. The maximum absolute atomic E-state index is 13.2. The molecule has 6 nitrogen and oxygen atoms in total. The maximum Gasteiger partial charge on any atom is 0.442 e. The van der Waals surface area contributed by atoms with Crippen molar-refractivity contribution in [3.05, 3.63) is 35.4 Å². The van der Waals surface area contributed by atoms with Crippen LogP contribution in [0.2, 0.25) is 0 Å². The predicted octanol–water partition coefficient (Wildman–Crippen LogP) is 2.05. The number of carbonyl (C=O) groups is 1. The quantitative estimate of drug-likeness (QED) is 0.848. The van der Waals surface area contributed by atoms with Crippen LogP contribution in [0.5, 0.6) is 0 Å². The monoisotopic (exact) mass is 356 g/mol. The Balaban J connectivity index is 1.88. The zero-order chi connectivity index (χ0) is 18.5. The van der Waals surface area contributed by atoms with Crippen LogP contribution in [0.1, 0.15) is 29.8 Å². The number of halogens is 3. The Labute approximate surface area is 142 Å². The number of amides is 1. The van der Waals surface area contributed by atoms with Crippen LogP contribution in [0.15, 0.2) is 34.5 Å². The molecule has 2 heterocycles. The number of hydrogen-bond acceptors (Lipinski definition) is 5. The third-order valence-electron chi connectivity index (χ3n) is 4.23. The van der Waals surface area contributed by atoms with E-state index < -0.39 is 23.3 Å².